The van der Waals surface area contributed by atoms with Gasteiger partial charge in [0.2, 0.25) is 0 Å². The Labute approximate surface area is 130 Å². The quantitative estimate of drug-likeness (QED) is 0.851. The van der Waals surface area contributed by atoms with Crippen molar-refractivity contribution in [2.75, 3.05) is 36.0 Å². The van der Waals surface area contributed by atoms with Crippen molar-refractivity contribution in [2.24, 2.45) is 0 Å². The fraction of sp³-hybridized carbons (Fsp3) is 0.278. The number of hydrogen-bond donors (Lipinski definition) is 0. The summed E-state index contributed by atoms with van der Waals surface area (Å²) in [6.07, 6.45) is 0. The maximum atomic E-state index is 12.6. The normalized spacial score (nSPS) is 21.2. The van der Waals surface area contributed by atoms with E-state index >= 15 is 0 Å². The molecule has 1 atom stereocenters. The molecule has 0 aromatic heterocycles. The van der Waals surface area contributed by atoms with Crippen molar-refractivity contribution in [1.29, 1.82) is 0 Å². The standard InChI is InChI=1S/C18H19N3O/c22-18-20-12-11-19(15-7-3-1-4-8-15)13-17(20)14-21(18)16-9-5-2-6-10-16/h1-10,17H,11-14H2/t17-/m0/s1. The molecule has 2 aromatic rings. The third-order valence-corrected chi connectivity index (χ3v) is 4.54. The zero-order valence-electron chi connectivity index (χ0n) is 12.4. The van der Waals surface area contributed by atoms with Gasteiger partial charge in [-0.1, -0.05) is 36.4 Å². The van der Waals surface area contributed by atoms with E-state index < -0.39 is 0 Å². The molecule has 0 N–H and O–H groups in total. The SMILES string of the molecule is O=C1N(c2ccccc2)C[C@@H]2CN(c3ccccc3)CCN12. The van der Waals surface area contributed by atoms with E-state index in [9.17, 15) is 4.79 Å². The summed E-state index contributed by atoms with van der Waals surface area (Å²) in [5, 5.41) is 0. The van der Waals surface area contributed by atoms with Gasteiger partial charge in [0.25, 0.3) is 0 Å². The lowest BCUT2D eigenvalue weighted by Crippen LogP contribution is -2.52. The van der Waals surface area contributed by atoms with Crippen LogP contribution in [0.15, 0.2) is 60.7 Å². The molecule has 2 aliphatic heterocycles. The topological polar surface area (TPSA) is 26.8 Å². The van der Waals surface area contributed by atoms with Crippen molar-refractivity contribution in [3.63, 3.8) is 0 Å². The van der Waals surface area contributed by atoms with Crippen LogP contribution in [0.2, 0.25) is 0 Å². The molecule has 4 heteroatoms. The smallest absolute Gasteiger partial charge is 0.324 e. The maximum Gasteiger partial charge on any atom is 0.324 e. The van der Waals surface area contributed by atoms with E-state index in [1.165, 1.54) is 5.69 Å². The van der Waals surface area contributed by atoms with E-state index in [1.54, 1.807) is 0 Å². The lowest BCUT2D eigenvalue weighted by Gasteiger charge is -2.37. The molecule has 2 aliphatic rings. The number of carbonyl (C=O) groups is 1. The number of carbonyl (C=O) groups excluding carboxylic acids is 1. The molecule has 0 bridgehead atoms. The van der Waals surface area contributed by atoms with Gasteiger partial charge in [0.1, 0.15) is 0 Å². The molecular weight excluding hydrogens is 274 g/mol. The van der Waals surface area contributed by atoms with Gasteiger partial charge in [-0.3, -0.25) is 4.90 Å². The van der Waals surface area contributed by atoms with Gasteiger partial charge in [0, 0.05) is 37.6 Å². The van der Waals surface area contributed by atoms with Gasteiger partial charge in [-0.15, -0.1) is 0 Å². The Morgan fingerprint density at radius 3 is 2.09 bits per heavy atom. The Bertz CT molecular complexity index is 659. The molecule has 22 heavy (non-hydrogen) atoms. The number of benzene rings is 2. The molecule has 0 spiro atoms. The minimum atomic E-state index is 0.143. The van der Waals surface area contributed by atoms with Gasteiger partial charge < -0.3 is 9.80 Å². The van der Waals surface area contributed by atoms with Crippen LogP contribution in [0.25, 0.3) is 0 Å². The third-order valence-electron chi connectivity index (χ3n) is 4.54. The van der Waals surface area contributed by atoms with Crippen LogP contribution >= 0.6 is 0 Å². The Morgan fingerprint density at radius 2 is 1.41 bits per heavy atom. The average molecular weight is 293 g/mol. The molecule has 0 saturated carbocycles. The zero-order chi connectivity index (χ0) is 14.9. The van der Waals surface area contributed by atoms with E-state index in [0.29, 0.717) is 0 Å². The summed E-state index contributed by atoms with van der Waals surface area (Å²) in [5.74, 6) is 0. The summed E-state index contributed by atoms with van der Waals surface area (Å²) in [5.41, 5.74) is 2.24. The number of anilines is 2. The highest BCUT2D eigenvalue weighted by Gasteiger charge is 2.41. The predicted octanol–water partition coefficient (Wildman–Crippen LogP) is 2.82. The highest BCUT2D eigenvalue weighted by atomic mass is 16.2. The van der Waals surface area contributed by atoms with Crippen molar-refractivity contribution in [3.8, 4) is 0 Å². The molecule has 112 valence electrons. The zero-order valence-corrected chi connectivity index (χ0v) is 12.4. The van der Waals surface area contributed by atoms with Crippen molar-refractivity contribution in [3.05, 3.63) is 60.7 Å². The summed E-state index contributed by atoms with van der Waals surface area (Å²) in [6.45, 7) is 3.36. The Morgan fingerprint density at radius 1 is 0.773 bits per heavy atom. The molecule has 2 saturated heterocycles. The highest BCUT2D eigenvalue weighted by Crippen LogP contribution is 2.27. The van der Waals surface area contributed by atoms with Gasteiger partial charge in [-0.25, -0.2) is 4.79 Å². The number of piperazine rings is 1. The highest BCUT2D eigenvalue weighted by molar-refractivity contribution is 5.94. The van der Waals surface area contributed by atoms with Gasteiger partial charge in [-0.2, -0.15) is 0 Å². The van der Waals surface area contributed by atoms with E-state index in [4.69, 9.17) is 0 Å². The maximum absolute atomic E-state index is 12.6. The Kier molecular flexibility index (Phi) is 3.22. The van der Waals surface area contributed by atoms with E-state index in [1.807, 2.05) is 46.2 Å². The summed E-state index contributed by atoms with van der Waals surface area (Å²) >= 11 is 0. The van der Waals surface area contributed by atoms with Crippen LogP contribution < -0.4 is 9.80 Å². The fourth-order valence-corrected chi connectivity index (χ4v) is 3.40. The second-order valence-electron chi connectivity index (χ2n) is 5.86. The van der Waals surface area contributed by atoms with Gasteiger partial charge in [-0.05, 0) is 24.3 Å². The first-order valence-corrected chi connectivity index (χ1v) is 7.76. The summed E-state index contributed by atoms with van der Waals surface area (Å²) in [7, 11) is 0. The predicted molar refractivity (Wildman–Crippen MR) is 88.3 cm³/mol. The van der Waals surface area contributed by atoms with Crippen LogP contribution in [-0.4, -0.2) is 43.2 Å². The summed E-state index contributed by atoms with van der Waals surface area (Å²) in [6, 6.07) is 20.8. The summed E-state index contributed by atoms with van der Waals surface area (Å²) < 4.78 is 0. The minimum absolute atomic E-state index is 0.143. The van der Waals surface area contributed by atoms with E-state index in [2.05, 4.69) is 29.2 Å². The molecule has 0 unspecified atom stereocenters. The second-order valence-corrected chi connectivity index (χ2v) is 5.86. The molecule has 4 rings (SSSR count). The molecule has 2 fully saturated rings. The van der Waals surface area contributed by atoms with Crippen molar-refractivity contribution in [2.45, 2.75) is 6.04 Å². The Hall–Kier alpha value is -2.49. The minimum Gasteiger partial charge on any atom is -0.368 e. The first-order chi connectivity index (χ1) is 10.8. The van der Waals surface area contributed by atoms with Crippen LogP contribution in [0, 0.1) is 0 Å². The number of nitrogens with zero attached hydrogens (tertiary/aromatic N) is 3. The number of hydrogen-bond acceptors (Lipinski definition) is 2. The average Bonchev–Trinajstić information content (AvgIpc) is 2.93. The van der Waals surface area contributed by atoms with Crippen LogP contribution in [0.1, 0.15) is 0 Å². The fourth-order valence-electron chi connectivity index (χ4n) is 3.40. The number of para-hydroxylation sites is 2. The summed E-state index contributed by atoms with van der Waals surface area (Å²) in [4.78, 5) is 18.9. The van der Waals surface area contributed by atoms with Crippen LogP contribution in [0.3, 0.4) is 0 Å². The van der Waals surface area contributed by atoms with Crippen LogP contribution in [0.5, 0.6) is 0 Å². The lowest BCUT2D eigenvalue weighted by atomic mass is 10.1. The largest absolute Gasteiger partial charge is 0.368 e. The molecule has 4 nitrogen and oxygen atoms in total. The van der Waals surface area contributed by atoms with Crippen molar-refractivity contribution >= 4 is 17.4 Å². The molecule has 2 amide bonds. The first kappa shape index (κ1) is 13.2. The molecular formula is C18H19N3O. The van der Waals surface area contributed by atoms with Crippen molar-refractivity contribution in [1.82, 2.24) is 4.90 Å². The number of rotatable bonds is 2. The van der Waals surface area contributed by atoms with Gasteiger partial charge in [0.15, 0.2) is 0 Å². The molecule has 2 aromatic carbocycles. The second kappa shape index (κ2) is 5.37. The number of fused-ring (bicyclic) bond motifs is 1. The van der Waals surface area contributed by atoms with Gasteiger partial charge in [0.05, 0.1) is 6.04 Å². The van der Waals surface area contributed by atoms with E-state index in [0.717, 1.165) is 31.9 Å². The number of urea groups is 1. The third kappa shape index (κ3) is 2.21. The van der Waals surface area contributed by atoms with E-state index in [-0.39, 0.29) is 12.1 Å². The molecule has 2 heterocycles. The molecule has 0 radical (unpaired) electrons. The van der Waals surface area contributed by atoms with Crippen molar-refractivity contribution < 1.29 is 4.79 Å². The number of amides is 2. The molecule has 0 aliphatic carbocycles. The first-order valence-electron chi connectivity index (χ1n) is 7.76. The van der Waals surface area contributed by atoms with Gasteiger partial charge >= 0.3 is 6.03 Å². The van der Waals surface area contributed by atoms with Crippen LogP contribution in [0.4, 0.5) is 16.2 Å². The monoisotopic (exact) mass is 293 g/mol. The van der Waals surface area contributed by atoms with Crippen LogP contribution in [-0.2, 0) is 0 Å². The lowest BCUT2D eigenvalue weighted by molar-refractivity contribution is 0.199. The Balaban J connectivity index is 1.53.